The molecule has 0 saturated carbocycles. The monoisotopic (exact) mass is 494 g/mol. The van der Waals surface area contributed by atoms with Crippen molar-refractivity contribution in [3.8, 4) is 22.3 Å². The van der Waals surface area contributed by atoms with Crippen molar-refractivity contribution in [2.24, 2.45) is 0 Å². The van der Waals surface area contributed by atoms with Gasteiger partial charge in [-0.25, -0.2) is 0 Å². The Balaban J connectivity index is 2.04. The first kappa shape index (κ1) is 23.9. The molecule has 0 saturated heterocycles. The van der Waals surface area contributed by atoms with Crippen LogP contribution in [0.1, 0.15) is 22.3 Å². The average molecular weight is 494 g/mol. The summed E-state index contributed by atoms with van der Waals surface area (Å²) in [6.07, 6.45) is -9.20. The molecular weight excluding hydrogens is 474 g/mol. The van der Waals surface area contributed by atoms with Crippen LogP contribution in [-0.2, 0) is 12.4 Å². The molecule has 0 aliphatic heterocycles. The minimum atomic E-state index is -4.61. The van der Waals surface area contributed by atoms with Crippen LogP contribution in [0, 0.1) is 13.8 Å². The van der Waals surface area contributed by atoms with Crippen molar-refractivity contribution in [3.63, 3.8) is 0 Å². The van der Waals surface area contributed by atoms with Crippen molar-refractivity contribution >= 4 is 21.5 Å². The minimum absolute atomic E-state index is 0.203. The van der Waals surface area contributed by atoms with Crippen LogP contribution in [0.5, 0.6) is 0 Å². The smallest absolute Gasteiger partial charge is 0.166 e. The molecule has 0 spiro atoms. The van der Waals surface area contributed by atoms with E-state index in [2.05, 4.69) is 0 Å². The van der Waals surface area contributed by atoms with E-state index in [-0.39, 0.29) is 10.9 Å². The second kappa shape index (κ2) is 8.40. The second-order valence-corrected chi connectivity index (χ2v) is 9.01. The summed E-state index contributed by atoms with van der Waals surface area (Å²) < 4.78 is 82.2. The lowest BCUT2D eigenvalue weighted by Crippen LogP contribution is -2.06. The highest BCUT2D eigenvalue weighted by Crippen LogP contribution is 2.47. The van der Waals surface area contributed by atoms with E-state index in [1.54, 1.807) is 0 Å². The lowest BCUT2D eigenvalue weighted by molar-refractivity contribution is -0.138. The van der Waals surface area contributed by atoms with Gasteiger partial charge in [0, 0.05) is 0 Å². The van der Waals surface area contributed by atoms with Crippen LogP contribution in [0.2, 0.25) is 0 Å². The lowest BCUT2D eigenvalue weighted by Gasteiger charge is -2.21. The Morgan fingerprint density at radius 3 is 1.56 bits per heavy atom. The summed E-state index contributed by atoms with van der Waals surface area (Å²) >= 11 is 0. The van der Waals surface area contributed by atoms with Gasteiger partial charge in [0.1, 0.15) is 0 Å². The largest absolute Gasteiger partial charge is 0.416 e. The molecule has 182 valence electrons. The quantitative estimate of drug-likeness (QED) is 0.169. The van der Waals surface area contributed by atoms with E-state index < -0.39 is 23.5 Å². The van der Waals surface area contributed by atoms with Crippen LogP contribution in [0.15, 0.2) is 84.9 Å². The highest BCUT2D eigenvalue weighted by molar-refractivity contribution is 6.21. The van der Waals surface area contributed by atoms with E-state index in [1.807, 2.05) is 56.3 Å². The molecule has 0 unspecified atom stereocenters. The van der Waals surface area contributed by atoms with Gasteiger partial charge in [0.25, 0.3) is 0 Å². The van der Waals surface area contributed by atoms with Crippen molar-refractivity contribution in [2.75, 3.05) is 0 Å². The molecule has 0 radical (unpaired) electrons. The van der Waals surface area contributed by atoms with Gasteiger partial charge in [-0.2, -0.15) is 26.3 Å². The van der Waals surface area contributed by atoms with Crippen molar-refractivity contribution in [2.45, 2.75) is 26.2 Å². The minimum Gasteiger partial charge on any atom is -0.166 e. The normalized spacial score (nSPS) is 12.4. The van der Waals surface area contributed by atoms with Gasteiger partial charge in [-0.3, -0.25) is 0 Å². The third-order valence-corrected chi connectivity index (χ3v) is 6.39. The summed E-state index contributed by atoms with van der Waals surface area (Å²) in [7, 11) is 0. The Morgan fingerprint density at radius 1 is 0.444 bits per heavy atom. The number of aryl methyl sites for hydroxylation is 2. The second-order valence-electron chi connectivity index (χ2n) is 9.01. The summed E-state index contributed by atoms with van der Waals surface area (Å²) in [4.78, 5) is 0. The molecule has 0 aromatic heterocycles. The SMILES string of the molecule is Cc1cccc(-c2c(-c3cccc(C(F)(F)F)c3)c3cc(C(F)(F)F)ccc3c3ccc(C)cc23)c1. The Kier molecular flexibility index (Phi) is 5.58. The van der Waals surface area contributed by atoms with E-state index in [0.717, 1.165) is 51.7 Å². The molecule has 0 N–H and O–H groups in total. The van der Waals surface area contributed by atoms with Crippen LogP contribution in [0.4, 0.5) is 26.3 Å². The predicted octanol–water partition coefficient (Wildman–Crippen LogP) is 9.98. The highest BCUT2D eigenvalue weighted by Gasteiger charge is 2.33. The number of rotatable bonds is 2. The molecule has 5 aromatic carbocycles. The zero-order chi connectivity index (χ0) is 25.8. The molecule has 6 heteroatoms. The molecule has 0 atom stereocenters. The van der Waals surface area contributed by atoms with E-state index >= 15 is 0 Å². The molecular formula is C30H20F6. The van der Waals surface area contributed by atoms with E-state index in [4.69, 9.17) is 0 Å². The maximum Gasteiger partial charge on any atom is 0.416 e. The van der Waals surface area contributed by atoms with Gasteiger partial charge >= 0.3 is 12.4 Å². The fourth-order valence-electron chi connectivity index (χ4n) is 4.78. The van der Waals surface area contributed by atoms with Crippen LogP contribution in [0.3, 0.4) is 0 Å². The van der Waals surface area contributed by atoms with Gasteiger partial charge in [0.2, 0.25) is 0 Å². The first-order chi connectivity index (χ1) is 16.9. The molecule has 0 bridgehead atoms. The van der Waals surface area contributed by atoms with Gasteiger partial charge < -0.3 is 0 Å². The standard InChI is InChI=1S/C30H20F6/c1-17-5-3-6-19(13-17)27-25-14-18(2)9-11-23(25)24-12-10-22(30(34,35)36)16-26(24)28(27)20-7-4-8-21(15-20)29(31,32)33/h3-16H,1-2H3. The number of benzene rings is 5. The lowest BCUT2D eigenvalue weighted by atomic mass is 9.83. The molecule has 36 heavy (non-hydrogen) atoms. The molecule has 0 aliphatic carbocycles. The van der Waals surface area contributed by atoms with Crippen LogP contribution >= 0.6 is 0 Å². The van der Waals surface area contributed by atoms with Crippen LogP contribution in [0.25, 0.3) is 43.8 Å². The number of alkyl halides is 6. The van der Waals surface area contributed by atoms with E-state index in [0.29, 0.717) is 16.5 Å². The average Bonchev–Trinajstić information content (AvgIpc) is 2.81. The van der Waals surface area contributed by atoms with Crippen LogP contribution < -0.4 is 0 Å². The Hall–Kier alpha value is -3.80. The van der Waals surface area contributed by atoms with E-state index in [1.165, 1.54) is 18.2 Å². The maximum absolute atomic E-state index is 13.8. The molecule has 0 fully saturated rings. The number of hydrogen-bond donors (Lipinski definition) is 0. The van der Waals surface area contributed by atoms with Crippen molar-refractivity contribution in [3.05, 3.63) is 107 Å². The highest BCUT2D eigenvalue weighted by atomic mass is 19.4. The molecule has 0 nitrogen and oxygen atoms in total. The number of fused-ring (bicyclic) bond motifs is 3. The Labute approximate surface area is 203 Å². The zero-order valence-electron chi connectivity index (χ0n) is 19.4. The van der Waals surface area contributed by atoms with Gasteiger partial charge in [0.15, 0.2) is 0 Å². The van der Waals surface area contributed by atoms with Gasteiger partial charge in [-0.05, 0) is 81.9 Å². The molecule has 0 aliphatic rings. The third-order valence-electron chi connectivity index (χ3n) is 6.39. The first-order valence-electron chi connectivity index (χ1n) is 11.3. The summed E-state index contributed by atoms with van der Waals surface area (Å²) in [5, 5.41) is 2.29. The first-order valence-corrected chi connectivity index (χ1v) is 11.3. The fraction of sp³-hybridized carbons (Fsp3) is 0.133. The predicted molar refractivity (Wildman–Crippen MR) is 132 cm³/mol. The molecule has 5 aromatic rings. The molecule has 0 amide bonds. The van der Waals surface area contributed by atoms with Crippen LogP contribution in [-0.4, -0.2) is 0 Å². The topological polar surface area (TPSA) is 0 Å². The maximum atomic E-state index is 13.8. The van der Waals surface area contributed by atoms with Gasteiger partial charge in [0.05, 0.1) is 11.1 Å². The van der Waals surface area contributed by atoms with Gasteiger partial charge in [-0.15, -0.1) is 0 Å². The summed E-state index contributed by atoms with van der Waals surface area (Å²) in [5.41, 5.74) is 2.00. The summed E-state index contributed by atoms with van der Waals surface area (Å²) in [6, 6.07) is 21.4. The molecule has 5 rings (SSSR count). The Bertz CT molecular complexity index is 1620. The third kappa shape index (κ3) is 4.21. The summed E-state index contributed by atoms with van der Waals surface area (Å²) in [5.74, 6) is 0. The Morgan fingerprint density at radius 2 is 0.944 bits per heavy atom. The van der Waals surface area contributed by atoms with E-state index in [9.17, 15) is 26.3 Å². The zero-order valence-corrected chi connectivity index (χ0v) is 19.4. The van der Waals surface area contributed by atoms with Crippen molar-refractivity contribution in [1.82, 2.24) is 0 Å². The van der Waals surface area contributed by atoms with Crippen molar-refractivity contribution in [1.29, 1.82) is 0 Å². The van der Waals surface area contributed by atoms with Crippen molar-refractivity contribution < 1.29 is 26.3 Å². The molecule has 0 heterocycles. The van der Waals surface area contributed by atoms with Gasteiger partial charge in [-0.1, -0.05) is 71.8 Å². The number of hydrogen-bond acceptors (Lipinski definition) is 0. The summed E-state index contributed by atoms with van der Waals surface area (Å²) in [6.45, 7) is 3.80. The number of halogens is 6. The fourth-order valence-corrected chi connectivity index (χ4v) is 4.78.